The molecular weight excluding hydrogens is 318 g/mol. The first-order chi connectivity index (χ1) is 11.1. The Balaban J connectivity index is 1.57. The van der Waals surface area contributed by atoms with Gasteiger partial charge in [0, 0.05) is 24.4 Å². The highest BCUT2D eigenvalue weighted by Gasteiger charge is 2.28. The summed E-state index contributed by atoms with van der Waals surface area (Å²) in [6, 6.07) is 5.38. The van der Waals surface area contributed by atoms with Crippen LogP contribution >= 0.6 is 11.6 Å². The summed E-state index contributed by atoms with van der Waals surface area (Å²) in [5.74, 6) is -0.104. The Morgan fingerprint density at radius 1 is 1.22 bits per heavy atom. The minimum atomic E-state index is -0.740. The number of nitrogens with one attached hydrogen (secondary N) is 1. The Morgan fingerprint density at radius 3 is 2.74 bits per heavy atom. The zero-order valence-corrected chi connectivity index (χ0v) is 13.8. The number of carboxylic acid groups (broad SMARTS) is 1. The van der Waals surface area contributed by atoms with Gasteiger partial charge in [0.15, 0.2) is 6.10 Å². The van der Waals surface area contributed by atoms with Gasteiger partial charge in [-0.3, -0.25) is 9.59 Å². The van der Waals surface area contributed by atoms with Crippen LogP contribution in [0.3, 0.4) is 0 Å². The van der Waals surface area contributed by atoms with Crippen molar-refractivity contribution >= 4 is 23.5 Å². The highest BCUT2D eigenvalue weighted by Crippen LogP contribution is 2.31. The first-order valence-electron chi connectivity index (χ1n) is 8.01. The van der Waals surface area contributed by atoms with Gasteiger partial charge in [0.25, 0.3) is 5.91 Å². The summed E-state index contributed by atoms with van der Waals surface area (Å²) in [6.45, 7) is 0.620. The Hall–Kier alpha value is -1.75. The third kappa shape index (κ3) is 5.75. The molecule has 0 fully saturated rings. The highest BCUT2D eigenvalue weighted by atomic mass is 35.5. The maximum Gasteiger partial charge on any atom is 0.303 e. The van der Waals surface area contributed by atoms with Gasteiger partial charge in [-0.2, -0.15) is 0 Å². The predicted molar refractivity (Wildman–Crippen MR) is 87.9 cm³/mol. The van der Waals surface area contributed by atoms with Crippen molar-refractivity contribution in [3.8, 4) is 5.75 Å². The van der Waals surface area contributed by atoms with Crippen LogP contribution in [0.5, 0.6) is 5.75 Å². The Kier molecular flexibility index (Phi) is 6.71. The molecule has 1 aromatic rings. The van der Waals surface area contributed by atoms with Crippen LogP contribution in [0.4, 0.5) is 0 Å². The van der Waals surface area contributed by atoms with Crippen molar-refractivity contribution in [3.63, 3.8) is 0 Å². The Labute approximate surface area is 141 Å². The molecule has 1 heterocycles. The van der Waals surface area contributed by atoms with E-state index in [1.807, 2.05) is 6.07 Å². The Bertz CT molecular complexity index is 562. The maximum atomic E-state index is 12.1. The molecule has 1 aliphatic heterocycles. The summed E-state index contributed by atoms with van der Waals surface area (Å²) in [4.78, 5) is 22.4. The fraction of sp³-hybridized carbons (Fsp3) is 0.529. The van der Waals surface area contributed by atoms with Crippen molar-refractivity contribution in [2.75, 3.05) is 6.54 Å². The number of benzene rings is 1. The standard InChI is InChI=1S/C17H22ClNO4/c18-13-7-8-14-12(10-13)11-15(23-14)17(22)19-9-5-3-1-2-4-6-16(20)21/h7-8,10,15H,1-6,9,11H2,(H,19,22)(H,20,21). The lowest BCUT2D eigenvalue weighted by Crippen LogP contribution is -2.37. The van der Waals surface area contributed by atoms with E-state index in [9.17, 15) is 9.59 Å². The summed E-state index contributed by atoms with van der Waals surface area (Å²) in [6.07, 6.45) is 4.83. The topological polar surface area (TPSA) is 75.6 Å². The summed E-state index contributed by atoms with van der Waals surface area (Å²) in [7, 11) is 0. The summed E-state index contributed by atoms with van der Waals surface area (Å²) in [5.41, 5.74) is 0.969. The number of fused-ring (bicyclic) bond motifs is 1. The highest BCUT2D eigenvalue weighted by molar-refractivity contribution is 6.30. The van der Waals surface area contributed by atoms with Crippen LogP contribution in [0, 0.1) is 0 Å². The van der Waals surface area contributed by atoms with E-state index >= 15 is 0 Å². The average Bonchev–Trinajstić information content (AvgIpc) is 2.92. The lowest BCUT2D eigenvalue weighted by atomic mass is 10.1. The zero-order valence-electron chi connectivity index (χ0n) is 13.0. The van der Waals surface area contributed by atoms with Crippen molar-refractivity contribution < 1.29 is 19.4 Å². The van der Waals surface area contributed by atoms with E-state index in [-0.39, 0.29) is 12.3 Å². The fourth-order valence-electron chi connectivity index (χ4n) is 2.62. The molecule has 6 heteroatoms. The molecule has 1 unspecified atom stereocenters. The summed E-state index contributed by atoms with van der Waals surface area (Å²) < 4.78 is 5.63. The first kappa shape index (κ1) is 17.6. The van der Waals surface area contributed by atoms with Gasteiger partial charge in [0.1, 0.15) is 5.75 Å². The minimum absolute atomic E-state index is 0.0943. The lowest BCUT2D eigenvalue weighted by Gasteiger charge is -2.11. The zero-order chi connectivity index (χ0) is 16.7. The van der Waals surface area contributed by atoms with Crippen LogP contribution in [0.25, 0.3) is 0 Å². The number of amides is 1. The molecule has 0 bridgehead atoms. The molecule has 0 radical (unpaired) electrons. The molecule has 126 valence electrons. The van der Waals surface area contributed by atoms with Gasteiger partial charge < -0.3 is 15.2 Å². The number of unbranched alkanes of at least 4 members (excludes halogenated alkanes) is 4. The summed E-state index contributed by atoms with van der Waals surface area (Å²) >= 11 is 5.93. The van der Waals surface area contributed by atoms with E-state index in [0.717, 1.165) is 43.4 Å². The van der Waals surface area contributed by atoms with Crippen molar-refractivity contribution in [2.24, 2.45) is 0 Å². The van der Waals surface area contributed by atoms with Crippen LogP contribution in [-0.4, -0.2) is 29.6 Å². The molecule has 0 spiro atoms. The van der Waals surface area contributed by atoms with Crippen molar-refractivity contribution in [2.45, 2.75) is 51.0 Å². The van der Waals surface area contributed by atoms with Crippen LogP contribution in [-0.2, 0) is 16.0 Å². The van der Waals surface area contributed by atoms with Crippen molar-refractivity contribution in [1.82, 2.24) is 5.32 Å². The van der Waals surface area contributed by atoms with Gasteiger partial charge in [-0.15, -0.1) is 0 Å². The van der Waals surface area contributed by atoms with Gasteiger partial charge in [-0.1, -0.05) is 30.9 Å². The molecule has 1 aromatic carbocycles. The number of carbonyl (C=O) groups excluding carboxylic acids is 1. The molecule has 0 aliphatic carbocycles. The predicted octanol–water partition coefficient (Wildman–Crippen LogP) is 3.18. The van der Waals surface area contributed by atoms with Gasteiger partial charge >= 0.3 is 5.97 Å². The second kappa shape index (κ2) is 8.77. The van der Waals surface area contributed by atoms with Crippen LogP contribution in [0.1, 0.15) is 44.1 Å². The molecule has 0 saturated heterocycles. The first-order valence-corrected chi connectivity index (χ1v) is 8.38. The third-order valence-corrected chi connectivity index (χ3v) is 4.09. The number of hydrogen-bond acceptors (Lipinski definition) is 3. The van der Waals surface area contributed by atoms with E-state index < -0.39 is 12.1 Å². The van der Waals surface area contributed by atoms with E-state index in [0.29, 0.717) is 18.0 Å². The normalized spacial score (nSPS) is 15.8. The number of aliphatic carboxylic acids is 1. The molecule has 5 nitrogen and oxygen atoms in total. The van der Waals surface area contributed by atoms with Gasteiger partial charge in [-0.25, -0.2) is 0 Å². The van der Waals surface area contributed by atoms with Gasteiger partial charge in [-0.05, 0) is 36.6 Å². The number of carbonyl (C=O) groups is 2. The molecular formula is C17H22ClNO4. The van der Waals surface area contributed by atoms with Gasteiger partial charge in [0.05, 0.1) is 0 Å². The smallest absolute Gasteiger partial charge is 0.303 e. The van der Waals surface area contributed by atoms with Gasteiger partial charge in [0.2, 0.25) is 0 Å². The fourth-order valence-corrected chi connectivity index (χ4v) is 2.82. The van der Waals surface area contributed by atoms with Crippen LogP contribution in [0.2, 0.25) is 5.02 Å². The SMILES string of the molecule is O=C(O)CCCCCCCNC(=O)C1Cc2cc(Cl)ccc2O1. The molecule has 2 N–H and O–H groups in total. The second-order valence-electron chi connectivity index (χ2n) is 5.77. The van der Waals surface area contributed by atoms with E-state index in [4.69, 9.17) is 21.4 Å². The molecule has 1 aliphatic rings. The third-order valence-electron chi connectivity index (χ3n) is 3.86. The summed E-state index contributed by atoms with van der Waals surface area (Å²) in [5, 5.41) is 12.1. The molecule has 0 saturated carbocycles. The van der Waals surface area contributed by atoms with Crippen LogP contribution in [0.15, 0.2) is 18.2 Å². The second-order valence-corrected chi connectivity index (χ2v) is 6.20. The van der Waals surface area contributed by atoms with E-state index in [1.54, 1.807) is 12.1 Å². The Morgan fingerprint density at radius 2 is 1.96 bits per heavy atom. The number of hydrogen-bond donors (Lipinski definition) is 2. The van der Waals surface area contributed by atoms with Crippen molar-refractivity contribution in [3.05, 3.63) is 28.8 Å². The number of ether oxygens (including phenoxy) is 1. The largest absolute Gasteiger partial charge is 0.481 e. The minimum Gasteiger partial charge on any atom is -0.481 e. The molecule has 0 aromatic heterocycles. The number of rotatable bonds is 9. The molecule has 1 amide bonds. The quantitative estimate of drug-likeness (QED) is 0.677. The molecule has 23 heavy (non-hydrogen) atoms. The van der Waals surface area contributed by atoms with Crippen LogP contribution < -0.4 is 10.1 Å². The monoisotopic (exact) mass is 339 g/mol. The number of carboxylic acids is 1. The molecule has 2 rings (SSSR count). The van der Waals surface area contributed by atoms with E-state index in [1.165, 1.54) is 0 Å². The average molecular weight is 340 g/mol. The van der Waals surface area contributed by atoms with E-state index in [2.05, 4.69) is 5.32 Å². The lowest BCUT2D eigenvalue weighted by molar-refractivity contribution is -0.137. The number of halogens is 1. The molecule has 1 atom stereocenters. The van der Waals surface area contributed by atoms with Crippen molar-refractivity contribution in [1.29, 1.82) is 0 Å². The maximum absolute atomic E-state index is 12.1.